The Kier molecular flexibility index (Phi) is 15.2. The second-order valence-corrected chi connectivity index (χ2v) is 8.09. The minimum atomic E-state index is -0.825. The van der Waals surface area contributed by atoms with Gasteiger partial charge in [0.2, 0.25) is 0 Å². The van der Waals surface area contributed by atoms with Crippen molar-refractivity contribution in [1.82, 2.24) is 0 Å². The van der Waals surface area contributed by atoms with Crippen molar-refractivity contribution in [2.75, 3.05) is 6.79 Å². The highest BCUT2D eigenvalue weighted by Gasteiger charge is 2.22. The summed E-state index contributed by atoms with van der Waals surface area (Å²) in [5, 5.41) is 18.6. The van der Waals surface area contributed by atoms with E-state index in [9.17, 15) is 9.90 Å². The maximum Gasteiger partial charge on any atom is 0.311 e. The Morgan fingerprint density at radius 3 is 1.79 bits per heavy atom. The molecule has 0 amide bonds. The summed E-state index contributed by atoms with van der Waals surface area (Å²) in [5.74, 6) is -0.934. The molecule has 0 aliphatic carbocycles. The Morgan fingerprint density at radius 2 is 1.31 bits per heavy atom. The number of aliphatic hydroxyl groups excluding tert-OH is 1. The molecule has 1 unspecified atom stereocenters. The molecule has 0 saturated heterocycles. The number of unbranched alkanes of at least 4 members (excludes halogenated alkanes) is 13. The number of aliphatic hydroxyl groups is 1. The van der Waals surface area contributed by atoms with Gasteiger partial charge < -0.3 is 14.9 Å². The molecule has 4 heteroatoms. The van der Waals surface area contributed by atoms with E-state index in [1.807, 2.05) is 6.07 Å². The number of para-hydroxylation sites is 1. The first-order valence-corrected chi connectivity index (χ1v) is 11.8. The molecule has 1 rings (SSSR count). The number of benzene rings is 1. The Bertz CT molecular complexity index is 529. The minimum Gasteiger partial charge on any atom is -0.481 e. The summed E-state index contributed by atoms with van der Waals surface area (Å²) in [6.07, 6.45) is 18.7. The summed E-state index contributed by atoms with van der Waals surface area (Å²) in [6.45, 7) is 1.82. The van der Waals surface area contributed by atoms with Crippen molar-refractivity contribution in [3.05, 3.63) is 29.8 Å². The average Bonchev–Trinajstić information content (AvgIpc) is 2.72. The number of ether oxygens (including phenoxy) is 1. The number of rotatable bonds is 19. The third-order valence-electron chi connectivity index (χ3n) is 5.66. The molecule has 1 atom stereocenters. The van der Waals surface area contributed by atoms with Crippen LogP contribution in [0.3, 0.4) is 0 Å². The maximum atomic E-state index is 11.7. The van der Waals surface area contributed by atoms with Crippen molar-refractivity contribution in [3.63, 3.8) is 0 Å². The first kappa shape index (κ1) is 25.5. The van der Waals surface area contributed by atoms with Gasteiger partial charge in [-0.3, -0.25) is 4.79 Å². The fraction of sp³-hybridized carbons (Fsp3) is 0.720. The van der Waals surface area contributed by atoms with Gasteiger partial charge in [0.15, 0.2) is 6.79 Å². The van der Waals surface area contributed by atoms with Gasteiger partial charge in [-0.2, -0.15) is 0 Å². The fourth-order valence-corrected chi connectivity index (χ4v) is 3.92. The van der Waals surface area contributed by atoms with Crippen LogP contribution in [0.25, 0.3) is 0 Å². The summed E-state index contributed by atoms with van der Waals surface area (Å²) in [4.78, 5) is 11.7. The first-order valence-electron chi connectivity index (χ1n) is 11.8. The molecule has 0 heterocycles. The normalized spacial score (nSPS) is 12.1. The molecule has 166 valence electrons. The van der Waals surface area contributed by atoms with Crippen molar-refractivity contribution < 1.29 is 19.7 Å². The minimum absolute atomic E-state index is 0.442. The number of carbonyl (C=O) groups is 1. The Morgan fingerprint density at radius 1 is 0.828 bits per heavy atom. The smallest absolute Gasteiger partial charge is 0.311 e. The van der Waals surface area contributed by atoms with E-state index in [1.54, 1.807) is 18.2 Å². The molecule has 29 heavy (non-hydrogen) atoms. The van der Waals surface area contributed by atoms with Gasteiger partial charge in [0.05, 0.1) is 5.92 Å². The van der Waals surface area contributed by atoms with Gasteiger partial charge in [0.1, 0.15) is 5.75 Å². The zero-order valence-electron chi connectivity index (χ0n) is 18.4. The molecule has 4 nitrogen and oxygen atoms in total. The number of aliphatic carboxylic acids is 1. The lowest BCUT2D eigenvalue weighted by Crippen LogP contribution is -2.13. The molecule has 0 aromatic heterocycles. The van der Waals surface area contributed by atoms with E-state index in [1.165, 1.54) is 77.0 Å². The fourth-order valence-electron chi connectivity index (χ4n) is 3.92. The molecule has 0 spiro atoms. The van der Waals surface area contributed by atoms with Crippen LogP contribution >= 0.6 is 0 Å². The van der Waals surface area contributed by atoms with Crippen LogP contribution < -0.4 is 4.74 Å². The van der Waals surface area contributed by atoms with E-state index < -0.39 is 18.7 Å². The monoisotopic (exact) mass is 406 g/mol. The van der Waals surface area contributed by atoms with Crippen LogP contribution in [0.4, 0.5) is 0 Å². The van der Waals surface area contributed by atoms with Crippen molar-refractivity contribution >= 4 is 5.97 Å². The zero-order chi connectivity index (χ0) is 21.2. The number of carboxylic acids is 1. The topological polar surface area (TPSA) is 66.8 Å². The summed E-state index contributed by atoms with van der Waals surface area (Å²) in [5.41, 5.74) is 0.656. The van der Waals surface area contributed by atoms with E-state index in [2.05, 4.69) is 6.92 Å². The van der Waals surface area contributed by atoms with Gasteiger partial charge in [0.25, 0.3) is 0 Å². The largest absolute Gasteiger partial charge is 0.481 e. The molecule has 0 aliphatic heterocycles. The standard InChI is InChI=1S/C25H42O4/c1-2-3-4-5-6-7-8-9-10-11-12-13-14-15-19-23(25(27)28)22-18-16-17-20-24(22)29-21-26/h16-18,20,23,26H,2-15,19,21H2,1H3,(H,27,28). The summed E-state index contributed by atoms with van der Waals surface area (Å²) in [6, 6.07) is 7.11. The highest BCUT2D eigenvalue weighted by molar-refractivity contribution is 5.77. The van der Waals surface area contributed by atoms with Gasteiger partial charge >= 0.3 is 5.97 Å². The van der Waals surface area contributed by atoms with Crippen molar-refractivity contribution in [1.29, 1.82) is 0 Å². The van der Waals surface area contributed by atoms with Crippen LogP contribution in [-0.4, -0.2) is 23.0 Å². The number of hydrogen-bond acceptors (Lipinski definition) is 3. The molecular weight excluding hydrogens is 364 g/mol. The van der Waals surface area contributed by atoms with Crippen molar-refractivity contribution in [3.8, 4) is 5.75 Å². The van der Waals surface area contributed by atoms with Gasteiger partial charge in [-0.1, -0.05) is 115 Å². The molecule has 1 aromatic carbocycles. The van der Waals surface area contributed by atoms with Gasteiger partial charge in [-0.05, 0) is 12.5 Å². The Labute approximate surface area is 177 Å². The molecule has 2 N–H and O–H groups in total. The summed E-state index contributed by atoms with van der Waals surface area (Å²) < 4.78 is 5.18. The SMILES string of the molecule is CCCCCCCCCCCCCCCCC(C(=O)O)c1ccccc1OCO. The second kappa shape index (κ2) is 17.3. The van der Waals surface area contributed by atoms with Crippen LogP contribution in [-0.2, 0) is 4.79 Å². The van der Waals surface area contributed by atoms with E-state index in [4.69, 9.17) is 9.84 Å². The second-order valence-electron chi connectivity index (χ2n) is 8.09. The van der Waals surface area contributed by atoms with Crippen LogP contribution in [0, 0.1) is 0 Å². The summed E-state index contributed by atoms with van der Waals surface area (Å²) in [7, 11) is 0. The predicted molar refractivity (Wildman–Crippen MR) is 119 cm³/mol. The third kappa shape index (κ3) is 11.9. The Hall–Kier alpha value is -1.55. The van der Waals surface area contributed by atoms with E-state index in [0.717, 1.165) is 12.8 Å². The van der Waals surface area contributed by atoms with Crippen molar-refractivity contribution in [2.45, 2.75) is 109 Å². The molecule has 0 fully saturated rings. The van der Waals surface area contributed by atoms with Crippen LogP contribution in [0.15, 0.2) is 24.3 Å². The predicted octanol–water partition coefficient (Wildman–Crippen LogP) is 7.05. The molecule has 0 saturated carbocycles. The van der Waals surface area contributed by atoms with Crippen molar-refractivity contribution in [2.24, 2.45) is 0 Å². The lowest BCUT2D eigenvalue weighted by Gasteiger charge is -2.16. The van der Waals surface area contributed by atoms with Crippen LogP contribution in [0.2, 0.25) is 0 Å². The molecule has 0 aliphatic rings. The Balaban J connectivity index is 2.10. The molecule has 1 aromatic rings. The van der Waals surface area contributed by atoms with Gasteiger partial charge in [-0.25, -0.2) is 0 Å². The molecule has 0 radical (unpaired) electrons. The molecule has 0 bridgehead atoms. The van der Waals surface area contributed by atoms with Crippen LogP contribution in [0.5, 0.6) is 5.75 Å². The van der Waals surface area contributed by atoms with E-state index in [0.29, 0.717) is 17.7 Å². The maximum absolute atomic E-state index is 11.7. The van der Waals surface area contributed by atoms with E-state index in [-0.39, 0.29) is 0 Å². The number of carboxylic acid groups (broad SMARTS) is 1. The van der Waals surface area contributed by atoms with Crippen LogP contribution in [0.1, 0.15) is 115 Å². The highest BCUT2D eigenvalue weighted by atomic mass is 16.6. The van der Waals surface area contributed by atoms with Gasteiger partial charge in [0, 0.05) is 5.56 Å². The molecular formula is C25H42O4. The van der Waals surface area contributed by atoms with Gasteiger partial charge in [-0.15, -0.1) is 0 Å². The average molecular weight is 407 g/mol. The zero-order valence-corrected chi connectivity index (χ0v) is 18.4. The highest BCUT2D eigenvalue weighted by Crippen LogP contribution is 2.31. The van der Waals surface area contributed by atoms with E-state index >= 15 is 0 Å². The first-order chi connectivity index (χ1) is 14.2. The number of hydrogen-bond donors (Lipinski definition) is 2. The lowest BCUT2D eigenvalue weighted by atomic mass is 9.92. The summed E-state index contributed by atoms with van der Waals surface area (Å²) >= 11 is 0. The quantitative estimate of drug-likeness (QED) is 0.191. The third-order valence-corrected chi connectivity index (χ3v) is 5.66. The lowest BCUT2D eigenvalue weighted by molar-refractivity contribution is -0.139.